The van der Waals surface area contributed by atoms with Crippen LogP contribution in [0.5, 0.6) is 0 Å². The van der Waals surface area contributed by atoms with Crippen LogP contribution in [-0.2, 0) is 0 Å². The van der Waals surface area contributed by atoms with E-state index in [1.807, 2.05) is 12.1 Å². The maximum atomic E-state index is 11.5. The number of benzene rings is 1. The Balaban J connectivity index is 1.98. The number of nitrogens with one attached hydrogen (secondary N) is 1. The molecule has 0 saturated heterocycles. The van der Waals surface area contributed by atoms with E-state index >= 15 is 0 Å². The Hall–Kier alpha value is -1.51. The summed E-state index contributed by atoms with van der Waals surface area (Å²) in [5.74, 6) is 0.720. The average molecular weight is 246 g/mol. The lowest BCUT2D eigenvalue weighted by Crippen LogP contribution is -2.27. The lowest BCUT2D eigenvalue weighted by atomic mass is 9.84. The van der Waals surface area contributed by atoms with Crippen molar-refractivity contribution in [1.82, 2.24) is 4.90 Å². The fourth-order valence-corrected chi connectivity index (χ4v) is 2.51. The second-order valence-corrected chi connectivity index (χ2v) is 5.28. The number of rotatable bonds is 2. The molecule has 0 radical (unpaired) electrons. The zero-order valence-corrected chi connectivity index (χ0v) is 11.3. The van der Waals surface area contributed by atoms with Crippen LogP contribution in [0.1, 0.15) is 43.6 Å². The van der Waals surface area contributed by atoms with Gasteiger partial charge in [-0.25, -0.2) is 4.79 Å². The highest BCUT2D eigenvalue weighted by molar-refractivity contribution is 5.88. The first-order chi connectivity index (χ1) is 8.66. The normalized spacial score (nSPS) is 16.3. The molecule has 0 spiro atoms. The summed E-state index contributed by atoms with van der Waals surface area (Å²) in [6, 6.07) is 8.24. The number of carbonyl (C=O) groups is 1. The van der Waals surface area contributed by atoms with E-state index in [-0.39, 0.29) is 6.03 Å². The lowest BCUT2D eigenvalue weighted by Gasteiger charge is -2.22. The van der Waals surface area contributed by atoms with Crippen LogP contribution in [-0.4, -0.2) is 25.0 Å². The first kappa shape index (κ1) is 12.9. The van der Waals surface area contributed by atoms with Crippen LogP contribution in [0.2, 0.25) is 0 Å². The minimum absolute atomic E-state index is 0.0829. The van der Waals surface area contributed by atoms with Crippen LogP contribution >= 0.6 is 0 Å². The number of amides is 2. The standard InChI is InChI=1S/C15H22N2O/c1-17(2)15(18)16-14-10-8-13(9-11-14)12-6-4-3-5-7-12/h8-12H,3-7H2,1-2H3,(H,16,18). The molecule has 0 aromatic heterocycles. The number of carbonyl (C=O) groups excluding carboxylic acids is 1. The van der Waals surface area contributed by atoms with E-state index in [4.69, 9.17) is 0 Å². The Morgan fingerprint density at radius 3 is 2.28 bits per heavy atom. The summed E-state index contributed by atoms with van der Waals surface area (Å²) in [5, 5.41) is 2.86. The van der Waals surface area contributed by atoms with E-state index in [9.17, 15) is 4.79 Å². The molecule has 0 heterocycles. The Bertz CT molecular complexity index is 391. The molecule has 1 N–H and O–H groups in total. The molecule has 1 aliphatic carbocycles. The van der Waals surface area contributed by atoms with Gasteiger partial charge in [-0.05, 0) is 36.5 Å². The Morgan fingerprint density at radius 1 is 1.11 bits per heavy atom. The summed E-state index contributed by atoms with van der Waals surface area (Å²) in [5.41, 5.74) is 2.28. The van der Waals surface area contributed by atoms with Crippen molar-refractivity contribution in [2.75, 3.05) is 19.4 Å². The molecule has 0 bridgehead atoms. The summed E-state index contributed by atoms with van der Waals surface area (Å²) in [6.45, 7) is 0. The third-order valence-corrected chi connectivity index (χ3v) is 3.64. The van der Waals surface area contributed by atoms with Gasteiger partial charge in [0.05, 0.1) is 0 Å². The van der Waals surface area contributed by atoms with E-state index in [1.165, 1.54) is 42.6 Å². The SMILES string of the molecule is CN(C)C(=O)Nc1ccc(C2CCCCC2)cc1. The molecule has 18 heavy (non-hydrogen) atoms. The van der Waals surface area contributed by atoms with Gasteiger partial charge in [0.25, 0.3) is 0 Å². The highest BCUT2D eigenvalue weighted by Gasteiger charge is 2.15. The number of nitrogens with zero attached hydrogens (tertiary/aromatic N) is 1. The van der Waals surface area contributed by atoms with Crippen molar-refractivity contribution < 1.29 is 4.79 Å². The summed E-state index contributed by atoms with van der Waals surface area (Å²) in [7, 11) is 3.48. The van der Waals surface area contributed by atoms with Crippen molar-refractivity contribution in [3.05, 3.63) is 29.8 Å². The average Bonchev–Trinajstić information content (AvgIpc) is 2.40. The second kappa shape index (κ2) is 5.89. The summed E-state index contributed by atoms with van der Waals surface area (Å²) in [6.07, 6.45) is 6.70. The van der Waals surface area contributed by atoms with Gasteiger partial charge in [-0.3, -0.25) is 0 Å². The van der Waals surface area contributed by atoms with Gasteiger partial charge in [0.1, 0.15) is 0 Å². The van der Waals surface area contributed by atoms with Gasteiger partial charge in [-0.15, -0.1) is 0 Å². The van der Waals surface area contributed by atoms with Crippen molar-refractivity contribution >= 4 is 11.7 Å². The first-order valence-electron chi connectivity index (χ1n) is 6.75. The highest BCUT2D eigenvalue weighted by atomic mass is 16.2. The largest absolute Gasteiger partial charge is 0.331 e. The molecule has 1 aliphatic rings. The van der Waals surface area contributed by atoms with Gasteiger partial charge in [-0.2, -0.15) is 0 Å². The van der Waals surface area contributed by atoms with Crippen LogP contribution in [0, 0.1) is 0 Å². The monoisotopic (exact) mass is 246 g/mol. The molecule has 1 aromatic carbocycles. The molecular weight excluding hydrogens is 224 g/mol. The van der Waals surface area contributed by atoms with Crippen LogP contribution in [0.3, 0.4) is 0 Å². The molecule has 3 heteroatoms. The third kappa shape index (κ3) is 3.25. The summed E-state index contributed by atoms with van der Waals surface area (Å²) >= 11 is 0. The van der Waals surface area contributed by atoms with Crippen molar-refractivity contribution in [2.45, 2.75) is 38.0 Å². The molecule has 1 fully saturated rings. The van der Waals surface area contributed by atoms with Gasteiger partial charge < -0.3 is 10.2 Å². The van der Waals surface area contributed by atoms with Gasteiger partial charge in [-0.1, -0.05) is 31.4 Å². The first-order valence-corrected chi connectivity index (χ1v) is 6.75. The highest BCUT2D eigenvalue weighted by Crippen LogP contribution is 2.32. The van der Waals surface area contributed by atoms with E-state index in [0.29, 0.717) is 0 Å². The Kier molecular flexibility index (Phi) is 4.24. The Morgan fingerprint density at radius 2 is 1.72 bits per heavy atom. The molecule has 0 aliphatic heterocycles. The minimum atomic E-state index is -0.0829. The van der Waals surface area contributed by atoms with Crippen molar-refractivity contribution in [3.8, 4) is 0 Å². The summed E-state index contributed by atoms with van der Waals surface area (Å²) < 4.78 is 0. The third-order valence-electron chi connectivity index (χ3n) is 3.64. The van der Waals surface area contributed by atoms with Crippen molar-refractivity contribution in [2.24, 2.45) is 0 Å². The van der Waals surface area contributed by atoms with E-state index < -0.39 is 0 Å². The zero-order valence-electron chi connectivity index (χ0n) is 11.3. The molecule has 1 saturated carbocycles. The molecule has 0 atom stereocenters. The van der Waals surface area contributed by atoms with E-state index in [1.54, 1.807) is 14.1 Å². The predicted molar refractivity (Wildman–Crippen MR) is 75.0 cm³/mol. The molecule has 0 unspecified atom stereocenters. The lowest BCUT2D eigenvalue weighted by molar-refractivity contribution is 0.230. The topological polar surface area (TPSA) is 32.3 Å². The molecule has 98 valence electrons. The van der Waals surface area contributed by atoms with E-state index in [0.717, 1.165) is 11.6 Å². The number of hydrogen-bond acceptors (Lipinski definition) is 1. The minimum Gasteiger partial charge on any atom is -0.331 e. The van der Waals surface area contributed by atoms with Crippen LogP contribution in [0.25, 0.3) is 0 Å². The van der Waals surface area contributed by atoms with Gasteiger partial charge in [0, 0.05) is 19.8 Å². The maximum Gasteiger partial charge on any atom is 0.321 e. The Labute approximate surface area is 109 Å². The van der Waals surface area contributed by atoms with Crippen LogP contribution < -0.4 is 5.32 Å². The summed E-state index contributed by atoms with van der Waals surface area (Å²) in [4.78, 5) is 13.1. The fourth-order valence-electron chi connectivity index (χ4n) is 2.51. The van der Waals surface area contributed by atoms with Crippen molar-refractivity contribution in [3.63, 3.8) is 0 Å². The van der Waals surface area contributed by atoms with Gasteiger partial charge in [0.2, 0.25) is 0 Å². The predicted octanol–water partition coefficient (Wildman–Crippen LogP) is 3.83. The molecule has 3 nitrogen and oxygen atoms in total. The van der Waals surface area contributed by atoms with Crippen LogP contribution in [0.4, 0.5) is 10.5 Å². The smallest absolute Gasteiger partial charge is 0.321 e. The number of urea groups is 1. The molecular formula is C15H22N2O. The molecule has 1 aromatic rings. The quantitative estimate of drug-likeness (QED) is 0.845. The van der Waals surface area contributed by atoms with Gasteiger partial charge >= 0.3 is 6.03 Å². The molecule has 2 rings (SSSR count). The van der Waals surface area contributed by atoms with Gasteiger partial charge in [0.15, 0.2) is 0 Å². The zero-order chi connectivity index (χ0) is 13.0. The van der Waals surface area contributed by atoms with E-state index in [2.05, 4.69) is 17.4 Å². The maximum absolute atomic E-state index is 11.5. The fraction of sp³-hybridized carbons (Fsp3) is 0.533. The second-order valence-electron chi connectivity index (χ2n) is 5.28. The molecule has 2 amide bonds. The number of hydrogen-bond donors (Lipinski definition) is 1. The van der Waals surface area contributed by atoms with Crippen LogP contribution in [0.15, 0.2) is 24.3 Å². The number of anilines is 1. The van der Waals surface area contributed by atoms with Crippen molar-refractivity contribution in [1.29, 1.82) is 0 Å².